The molecule has 0 bridgehead atoms. The van der Waals surface area contributed by atoms with Crippen LogP contribution in [0.15, 0.2) is 47.9 Å². The fraction of sp³-hybridized carbons (Fsp3) is 0.350. The van der Waals surface area contributed by atoms with Gasteiger partial charge in [-0.3, -0.25) is 4.79 Å². The van der Waals surface area contributed by atoms with Gasteiger partial charge in [-0.2, -0.15) is 0 Å². The summed E-state index contributed by atoms with van der Waals surface area (Å²) in [5.41, 5.74) is 1.19. The van der Waals surface area contributed by atoms with E-state index in [-0.39, 0.29) is 11.9 Å². The fourth-order valence-electron chi connectivity index (χ4n) is 3.18. The Morgan fingerprint density at radius 2 is 2.04 bits per heavy atom. The molecule has 4 heteroatoms. The van der Waals surface area contributed by atoms with E-state index in [2.05, 4.69) is 12.1 Å². The van der Waals surface area contributed by atoms with Gasteiger partial charge in [-0.05, 0) is 48.1 Å². The Kier molecular flexibility index (Phi) is 5.70. The van der Waals surface area contributed by atoms with E-state index in [4.69, 9.17) is 4.74 Å². The van der Waals surface area contributed by atoms with Crippen LogP contribution >= 0.6 is 11.3 Å². The smallest absolute Gasteiger partial charge is 0.247 e. The molecule has 2 heterocycles. The number of hydrogen-bond donors (Lipinski definition) is 0. The molecule has 1 aromatic carbocycles. The summed E-state index contributed by atoms with van der Waals surface area (Å²) in [5, 5.41) is 2.02. The highest BCUT2D eigenvalue weighted by Crippen LogP contribution is 2.31. The molecule has 1 unspecified atom stereocenters. The summed E-state index contributed by atoms with van der Waals surface area (Å²) < 4.78 is 5.24. The molecule has 1 saturated heterocycles. The molecule has 1 fully saturated rings. The number of hydrogen-bond acceptors (Lipinski definition) is 3. The fourth-order valence-corrected chi connectivity index (χ4v) is 3.80. The van der Waals surface area contributed by atoms with Crippen molar-refractivity contribution in [3.63, 3.8) is 0 Å². The molecule has 1 atom stereocenters. The van der Waals surface area contributed by atoms with E-state index in [1.165, 1.54) is 12.0 Å². The monoisotopic (exact) mass is 341 g/mol. The molecule has 2 aromatic rings. The number of thiophene rings is 1. The summed E-state index contributed by atoms with van der Waals surface area (Å²) >= 11 is 1.65. The van der Waals surface area contributed by atoms with Crippen LogP contribution in [0.2, 0.25) is 0 Å². The minimum absolute atomic E-state index is 0.103. The summed E-state index contributed by atoms with van der Waals surface area (Å²) in [5.74, 6) is 0.953. The standard InChI is InChI=1S/C20H23NO2S/c1-23-17-10-8-16(9-11-17)19-7-3-2-4-14-21(19)20(22)13-12-18-6-5-15-24-18/h5-6,8-13,15,19H,2-4,7,14H2,1H3/b13-12+. The molecule has 1 aromatic heterocycles. The lowest BCUT2D eigenvalue weighted by atomic mass is 10.0. The van der Waals surface area contributed by atoms with Crippen molar-refractivity contribution in [3.05, 3.63) is 58.3 Å². The number of carbonyl (C=O) groups is 1. The van der Waals surface area contributed by atoms with Gasteiger partial charge in [0.25, 0.3) is 0 Å². The highest BCUT2D eigenvalue weighted by Gasteiger charge is 2.25. The van der Waals surface area contributed by atoms with E-state index in [9.17, 15) is 4.79 Å². The van der Waals surface area contributed by atoms with Gasteiger partial charge >= 0.3 is 0 Å². The minimum atomic E-state index is 0.103. The van der Waals surface area contributed by atoms with Crippen LogP contribution in [0.3, 0.4) is 0 Å². The molecule has 0 aliphatic carbocycles. The molecule has 24 heavy (non-hydrogen) atoms. The summed E-state index contributed by atoms with van der Waals surface area (Å²) in [7, 11) is 1.67. The maximum Gasteiger partial charge on any atom is 0.247 e. The lowest BCUT2D eigenvalue weighted by molar-refractivity contribution is -0.128. The van der Waals surface area contributed by atoms with Crippen LogP contribution in [0.4, 0.5) is 0 Å². The molecule has 1 amide bonds. The second-order valence-electron chi connectivity index (χ2n) is 6.02. The van der Waals surface area contributed by atoms with E-state index >= 15 is 0 Å². The maximum atomic E-state index is 12.8. The maximum absolute atomic E-state index is 12.8. The van der Waals surface area contributed by atoms with E-state index in [1.54, 1.807) is 24.5 Å². The zero-order valence-corrected chi connectivity index (χ0v) is 14.8. The number of rotatable bonds is 4. The highest BCUT2D eigenvalue weighted by atomic mass is 32.1. The van der Waals surface area contributed by atoms with Gasteiger partial charge in [0.05, 0.1) is 13.2 Å². The average molecular weight is 341 g/mol. The number of nitrogens with zero attached hydrogens (tertiary/aromatic N) is 1. The molecule has 0 radical (unpaired) electrons. The van der Waals surface area contributed by atoms with Crippen molar-refractivity contribution in [2.24, 2.45) is 0 Å². The van der Waals surface area contributed by atoms with Gasteiger partial charge < -0.3 is 9.64 Å². The largest absolute Gasteiger partial charge is 0.497 e. The van der Waals surface area contributed by atoms with Gasteiger partial charge in [0, 0.05) is 17.5 Å². The van der Waals surface area contributed by atoms with Gasteiger partial charge in [-0.1, -0.05) is 31.0 Å². The van der Waals surface area contributed by atoms with Gasteiger partial charge in [0.15, 0.2) is 0 Å². The van der Waals surface area contributed by atoms with Gasteiger partial charge in [-0.15, -0.1) is 11.3 Å². The predicted octanol–water partition coefficient (Wildman–Crippen LogP) is 4.91. The lowest BCUT2D eigenvalue weighted by Crippen LogP contribution is -2.33. The van der Waals surface area contributed by atoms with Crippen molar-refractivity contribution in [2.75, 3.05) is 13.7 Å². The SMILES string of the molecule is COc1ccc(C2CCCCCN2C(=O)/C=C/c2cccs2)cc1. The Bertz CT molecular complexity index is 676. The first-order chi connectivity index (χ1) is 11.8. The van der Waals surface area contributed by atoms with Crippen LogP contribution in [-0.4, -0.2) is 24.5 Å². The molecule has 1 aliphatic rings. The van der Waals surface area contributed by atoms with Crippen molar-refractivity contribution < 1.29 is 9.53 Å². The first-order valence-electron chi connectivity index (χ1n) is 8.44. The highest BCUT2D eigenvalue weighted by molar-refractivity contribution is 7.10. The predicted molar refractivity (Wildman–Crippen MR) is 99.3 cm³/mol. The number of benzene rings is 1. The van der Waals surface area contributed by atoms with Gasteiger partial charge in [0.2, 0.25) is 5.91 Å². The Morgan fingerprint density at radius 3 is 2.75 bits per heavy atom. The molecule has 126 valence electrons. The summed E-state index contributed by atoms with van der Waals surface area (Å²) in [6.07, 6.45) is 8.08. The average Bonchev–Trinajstić information content (AvgIpc) is 3.02. The number of likely N-dealkylation sites (tertiary alicyclic amines) is 1. The molecule has 0 spiro atoms. The van der Waals surface area contributed by atoms with Crippen LogP contribution in [0, 0.1) is 0 Å². The van der Waals surface area contributed by atoms with Crippen molar-refractivity contribution >= 4 is 23.3 Å². The van der Waals surface area contributed by atoms with Crippen LogP contribution in [0.5, 0.6) is 5.75 Å². The Labute approximate surface area is 147 Å². The third-order valence-electron chi connectivity index (χ3n) is 4.47. The zero-order valence-electron chi connectivity index (χ0n) is 14.0. The van der Waals surface area contributed by atoms with Crippen LogP contribution in [-0.2, 0) is 4.79 Å². The van der Waals surface area contributed by atoms with Crippen molar-refractivity contribution in [2.45, 2.75) is 31.7 Å². The second kappa shape index (κ2) is 8.15. The Balaban J connectivity index is 1.79. The Morgan fingerprint density at radius 1 is 1.21 bits per heavy atom. The molecule has 0 saturated carbocycles. The second-order valence-corrected chi connectivity index (χ2v) is 7.00. The normalized spacial score (nSPS) is 18.5. The number of carbonyl (C=O) groups excluding carboxylic acids is 1. The molecular weight excluding hydrogens is 318 g/mol. The van der Waals surface area contributed by atoms with Gasteiger partial charge in [-0.25, -0.2) is 0 Å². The first-order valence-corrected chi connectivity index (χ1v) is 9.32. The topological polar surface area (TPSA) is 29.5 Å². The third kappa shape index (κ3) is 4.06. The molecule has 3 nitrogen and oxygen atoms in total. The Hall–Kier alpha value is -2.07. The number of amides is 1. The van der Waals surface area contributed by atoms with Crippen molar-refractivity contribution in [1.29, 1.82) is 0 Å². The van der Waals surface area contributed by atoms with Crippen LogP contribution in [0.1, 0.15) is 42.2 Å². The minimum Gasteiger partial charge on any atom is -0.497 e. The van der Waals surface area contributed by atoms with Crippen LogP contribution < -0.4 is 4.74 Å². The zero-order chi connectivity index (χ0) is 16.8. The van der Waals surface area contributed by atoms with E-state index < -0.39 is 0 Å². The van der Waals surface area contributed by atoms with E-state index in [0.717, 1.165) is 36.4 Å². The third-order valence-corrected chi connectivity index (χ3v) is 5.31. The quantitative estimate of drug-likeness (QED) is 0.739. The molecular formula is C20H23NO2S. The lowest BCUT2D eigenvalue weighted by Gasteiger charge is -2.29. The molecule has 0 N–H and O–H groups in total. The van der Waals surface area contributed by atoms with Gasteiger partial charge in [0.1, 0.15) is 5.75 Å². The summed E-state index contributed by atoms with van der Waals surface area (Å²) in [4.78, 5) is 15.9. The molecule has 1 aliphatic heterocycles. The van der Waals surface area contributed by atoms with Crippen LogP contribution in [0.25, 0.3) is 6.08 Å². The van der Waals surface area contributed by atoms with E-state index in [1.807, 2.05) is 40.6 Å². The van der Waals surface area contributed by atoms with E-state index in [0.29, 0.717) is 0 Å². The number of methoxy groups -OCH3 is 1. The number of ether oxygens (including phenoxy) is 1. The summed E-state index contributed by atoms with van der Waals surface area (Å²) in [6.45, 7) is 0.824. The molecule has 3 rings (SSSR count). The van der Waals surface area contributed by atoms with Crippen molar-refractivity contribution in [1.82, 2.24) is 4.90 Å². The van der Waals surface area contributed by atoms with Crippen molar-refractivity contribution in [3.8, 4) is 5.75 Å². The summed E-state index contributed by atoms with van der Waals surface area (Å²) in [6, 6.07) is 12.3. The first kappa shape index (κ1) is 16.8.